The van der Waals surface area contributed by atoms with E-state index in [1.807, 2.05) is 23.9 Å². The highest BCUT2D eigenvalue weighted by molar-refractivity contribution is 7.99. The van der Waals surface area contributed by atoms with E-state index in [0.29, 0.717) is 5.92 Å². The number of rotatable bonds is 6. The average Bonchev–Trinajstić information content (AvgIpc) is 2.45. The highest BCUT2D eigenvalue weighted by atomic mass is 32.2. The lowest BCUT2D eigenvalue weighted by atomic mass is 10.0. The Labute approximate surface area is 120 Å². The summed E-state index contributed by atoms with van der Waals surface area (Å²) in [5.41, 5.74) is 1.33. The first kappa shape index (κ1) is 14.0. The third-order valence-corrected chi connectivity index (χ3v) is 3.87. The molecule has 2 aromatic carbocycles. The van der Waals surface area contributed by atoms with Gasteiger partial charge in [-0.2, -0.15) is 0 Å². The number of hydrogen-bond donors (Lipinski definition) is 0. The van der Waals surface area contributed by atoms with Gasteiger partial charge >= 0.3 is 0 Å². The molecule has 0 aromatic heterocycles. The zero-order valence-electron chi connectivity index (χ0n) is 11.5. The second-order valence-corrected chi connectivity index (χ2v) is 5.91. The molecule has 2 aromatic rings. The van der Waals surface area contributed by atoms with Gasteiger partial charge in [0, 0.05) is 10.6 Å². The van der Waals surface area contributed by atoms with E-state index >= 15 is 0 Å². The Bertz CT molecular complexity index is 494. The molecule has 0 aliphatic heterocycles. The Morgan fingerprint density at radius 2 is 1.79 bits per heavy atom. The van der Waals surface area contributed by atoms with Crippen LogP contribution in [0.4, 0.5) is 0 Å². The molecule has 0 bridgehead atoms. The molecule has 0 saturated heterocycles. The normalized spacial score (nSPS) is 10.7. The Morgan fingerprint density at radius 1 is 1.00 bits per heavy atom. The molecule has 0 aliphatic rings. The van der Waals surface area contributed by atoms with Crippen LogP contribution in [0.1, 0.15) is 25.3 Å². The molecule has 0 atom stereocenters. The first-order valence-electron chi connectivity index (χ1n) is 6.66. The van der Waals surface area contributed by atoms with Crippen molar-refractivity contribution in [3.05, 3.63) is 60.2 Å². The molecule has 0 N–H and O–H groups in total. The van der Waals surface area contributed by atoms with E-state index in [4.69, 9.17) is 4.74 Å². The summed E-state index contributed by atoms with van der Waals surface area (Å²) in [5, 5.41) is 0. The highest BCUT2D eigenvalue weighted by Gasteiger charge is 2.01. The van der Waals surface area contributed by atoms with Crippen molar-refractivity contribution in [1.29, 1.82) is 0 Å². The van der Waals surface area contributed by atoms with E-state index in [9.17, 15) is 0 Å². The van der Waals surface area contributed by atoms with Crippen molar-refractivity contribution in [1.82, 2.24) is 0 Å². The zero-order chi connectivity index (χ0) is 13.5. The van der Waals surface area contributed by atoms with Crippen LogP contribution in [0.5, 0.6) is 5.75 Å². The molecule has 0 fully saturated rings. The maximum Gasteiger partial charge on any atom is 0.119 e. The van der Waals surface area contributed by atoms with Gasteiger partial charge in [0.05, 0.1) is 6.61 Å². The van der Waals surface area contributed by atoms with E-state index in [-0.39, 0.29) is 0 Å². The van der Waals surface area contributed by atoms with Crippen molar-refractivity contribution in [2.75, 3.05) is 12.4 Å². The summed E-state index contributed by atoms with van der Waals surface area (Å²) < 4.78 is 5.80. The predicted molar refractivity (Wildman–Crippen MR) is 83.2 cm³/mol. The van der Waals surface area contributed by atoms with Crippen LogP contribution in [0.3, 0.4) is 0 Å². The van der Waals surface area contributed by atoms with Crippen molar-refractivity contribution in [3.63, 3.8) is 0 Å². The molecule has 0 radical (unpaired) electrons. The lowest BCUT2D eigenvalue weighted by Gasteiger charge is -2.09. The molecule has 19 heavy (non-hydrogen) atoms. The van der Waals surface area contributed by atoms with E-state index in [1.54, 1.807) is 0 Å². The molecule has 0 spiro atoms. The van der Waals surface area contributed by atoms with Crippen LogP contribution in [0, 0.1) is 0 Å². The molecular formula is C17H20OS. The highest BCUT2D eigenvalue weighted by Crippen LogP contribution is 2.21. The Kier molecular flexibility index (Phi) is 5.34. The maximum atomic E-state index is 5.80. The van der Waals surface area contributed by atoms with E-state index < -0.39 is 0 Å². The zero-order valence-corrected chi connectivity index (χ0v) is 12.3. The summed E-state index contributed by atoms with van der Waals surface area (Å²) in [4.78, 5) is 1.29. The van der Waals surface area contributed by atoms with Gasteiger partial charge in [0.25, 0.3) is 0 Å². The summed E-state index contributed by atoms with van der Waals surface area (Å²) in [5.74, 6) is 2.48. The molecule has 0 aliphatic carbocycles. The van der Waals surface area contributed by atoms with Crippen molar-refractivity contribution in [3.8, 4) is 5.75 Å². The monoisotopic (exact) mass is 272 g/mol. The average molecular weight is 272 g/mol. The molecule has 2 rings (SSSR count). The molecular weight excluding hydrogens is 252 g/mol. The van der Waals surface area contributed by atoms with Gasteiger partial charge in [-0.05, 0) is 35.7 Å². The largest absolute Gasteiger partial charge is 0.493 e. The minimum absolute atomic E-state index is 0.544. The topological polar surface area (TPSA) is 9.23 Å². The van der Waals surface area contributed by atoms with E-state index in [1.165, 1.54) is 10.5 Å². The van der Waals surface area contributed by atoms with Crippen molar-refractivity contribution in [2.45, 2.75) is 24.7 Å². The minimum Gasteiger partial charge on any atom is -0.493 e. The number of ether oxygens (including phenoxy) is 1. The smallest absolute Gasteiger partial charge is 0.119 e. The van der Waals surface area contributed by atoms with Crippen LogP contribution in [0.2, 0.25) is 0 Å². The van der Waals surface area contributed by atoms with E-state index in [2.05, 4.69) is 56.3 Å². The fraction of sp³-hybridized carbons (Fsp3) is 0.294. The number of hydrogen-bond acceptors (Lipinski definition) is 2. The number of thioether (sulfide) groups is 1. The number of benzene rings is 2. The van der Waals surface area contributed by atoms with Gasteiger partial charge in [-0.15, -0.1) is 11.8 Å². The van der Waals surface area contributed by atoms with Crippen LogP contribution >= 0.6 is 11.8 Å². The molecule has 0 heterocycles. The van der Waals surface area contributed by atoms with Crippen LogP contribution in [0.15, 0.2) is 59.5 Å². The summed E-state index contributed by atoms with van der Waals surface area (Å²) in [6, 6.07) is 18.8. The maximum absolute atomic E-state index is 5.80. The van der Waals surface area contributed by atoms with Gasteiger partial charge in [0.1, 0.15) is 5.75 Å². The van der Waals surface area contributed by atoms with Crippen LogP contribution < -0.4 is 4.74 Å². The van der Waals surface area contributed by atoms with Gasteiger partial charge in [-0.25, -0.2) is 0 Å². The first-order chi connectivity index (χ1) is 9.25. The van der Waals surface area contributed by atoms with Gasteiger partial charge in [0.15, 0.2) is 0 Å². The fourth-order valence-electron chi connectivity index (χ4n) is 1.80. The Morgan fingerprint density at radius 3 is 2.53 bits per heavy atom. The minimum atomic E-state index is 0.544. The van der Waals surface area contributed by atoms with Gasteiger partial charge < -0.3 is 4.74 Å². The van der Waals surface area contributed by atoms with Crippen LogP contribution in [-0.4, -0.2) is 12.4 Å². The van der Waals surface area contributed by atoms with E-state index in [0.717, 1.165) is 18.1 Å². The lowest BCUT2D eigenvalue weighted by molar-refractivity contribution is 0.343. The van der Waals surface area contributed by atoms with Crippen LogP contribution in [-0.2, 0) is 0 Å². The third kappa shape index (κ3) is 4.64. The predicted octanol–water partition coefficient (Wildman–Crippen LogP) is 4.98. The van der Waals surface area contributed by atoms with Crippen LogP contribution in [0.25, 0.3) is 0 Å². The fourth-order valence-corrected chi connectivity index (χ4v) is 2.55. The molecule has 2 heteroatoms. The molecule has 0 amide bonds. The van der Waals surface area contributed by atoms with Gasteiger partial charge in [0.2, 0.25) is 0 Å². The van der Waals surface area contributed by atoms with Crippen molar-refractivity contribution in [2.24, 2.45) is 0 Å². The Balaban J connectivity index is 1.78. The third-order valence-electron chi connectivity index (χ3n) is 2.89. The first-order valence-corrected chi connectivity index (χ1v) is 7.65. The van der Waals surface area contributed by atoms with Gasteiger partial charge in [-0.1, -0.05) is 44.2 Å². The molecule has 1 nitrogen and oxygen atoms in total. The summed E-state index contributed by atoms with van der Waals surface area (Å²) in [7, 11) is 0. The van der Waals surface area contributed by atoms with Gasteiger partial charge in [-0.3, -0.25) is 0 Å². The second kappa shape index (κ2) is 7.25. The summed E-state index contributed by atoms with van der Waals surface area (Å²) >= 11 is 1.83. The molecule has 0 unspecified atom stereocenters. The quantitative estimate of drug-likeness (QED) is 0.541. The SMILES string of the molecule is CC(C)c1cccc(OCCSc2ccccc2)c1. The lowest BCUT2D eigenvalue weighted by Crippen LogP contribution is -2.00. The van der Waals surface area contributed by atoms with Crippen molar-refractivity contribution < 1.29 is 4.74 Å². The second-order valence-electron chi connectivity index (χ2n) is 4.74. The standard InChI is InChI=1S/C17H20OS/c1-14(2)15-7-6-8-16(13-15)18-11-12-19-17-9-4-3-5-10-17/h3-10,13-14H,11-12H2,1-2H3. The molecule has 0 saturated carbocycles. The van der Waals surface area contributed by atoms with Crippen molar-refractivity contribution >= 4 is 11.8 Å². The Hall–Kier alpha value is -1.41. The molecule has 100 valence electrons. The summed E-state index contributed by atoms with van der Waals surface area (Å²) in [6.45, 7) is 5.13. The summed E-state index contributed by atoms with van der Waals surface area (Å²) in [6.07, 6.45) is 0.